The molecule has 3 aromatic carbocycles. The molecule has 4 heteroatoms. The van der Waals surface area contributed by atoms with E-state index in [-0.39, 0.29) is 11.8 Å². The Morgan fingerprint density at radius 1 is 1.00 bits per heavy atom. The number of amides is 1. The lowest BCUT2D eigenvalue weighted by Gasteiger charge is -2.22. The molecule has 0 saturated carbocycles. The Hall–Kier alpha value is -3.04. The van der Waals surface area contributed by atoms with Gasteiger partial charge < -0.3 is 9.32 Å². The van der Waals surface area contributed by atoms with Crippen LogP contribution in [0.2, 0.25) is 5.02 Å². The molecule has 3 nitrogen and oxygen atoms in total. The van der Waals surface area contributed by atoms with Crippen molar-refractivity contribution in [2.75, 3.05) is 14.1 Å². The summed E-state index contributed by atoms with van der Waals surface area (Å²) in [5, 5.41) is 2.78. The lowest BCUT2D eigenvalue weighted by atomic mass is 9.84. The quantitative estimate of drug-likeness (QED) is 0.380. The highest BCUT2D eigenvalue weighted by atomic mass is 35.5. The lowest BCUT2D eigenvalue weighted by molar-refractivity contribution is -0.128. The van der Waals surface area contributed by atoms with Gasteiger partial charge in [0.05, 0.1) is 0 Å². The van der Waals surface area contributed by atoms with E-state index in [0.717, 1.165) is 38.6 Å². The lowest BCUT2D eigenvalue weighted by Crippen LogP contribution is -2.24. The second-order valence-corrected chi connectivity index (χ2v) is 7.84. The maximum absolute atomic E-state index is 12.7. The Labute approximate surface area is 175 Å². The number of rotatable bonds is 5. The molecule has 1 amide bonds. The summed E-state index contributed by atoms with van der Waals surface area (Å²) >= 11 is 6.06. The Kier molecular flexibility index (Phi) is 5.16. The van der Waals surface area contributed by atoms with Gasteiger partial charge in [-0.3, -0.25) is 4.79 Å². The van der Waals surface area contributed by atoms with Crippen LogP contribution in [0.3, 0.4) is 0 Å². The third-order valence-corrected chi connectivity index (χ3v) is 5.58. The van der Waals surface area contributed by atoms with Crippen molar-refractivity contribution in [3.05, 3.63) is 89.5 Å². The van der Waals surface area contributed by atoms with Crippen LogP contribution in [0.1, 0.15) is 23.5 Å². The van der Waals surface area contributed by atoms with Gasteiger partial charge in [-0.15, -0.1) is 0 Å². The number of carbonyl (C=O) groups excluding carboxylic acids is 1. The number of para-hydroxylation sites is 2. The van der Waals surface area contributed by atoms with Gasteiger partial charge in [0.25, 0.3) is 0 Å². The van der Waals surface area contributed by atoms with Crippen LogP contribution in [0.5, 0.6) is 0 Å². The fourth-order valence-electron chi connectivity index (χ4n) is 3.69. The Morgan fingerprint density at radius 3 is 2.41 bits per heavy atom. The summed E-state index contributed by atoms with van der Waals surface area (Å²) < 4.78 is 6.22. The fraction of sp³-hybridized carbons (Fsp3) is 0.160. The Balaban J connectivity index is 1.87. The number of nitrogens with zero attached hydrogens (tertiary/aromatic N) is 1. The van der Waals surface area contributed by atoms with E-state index in [1.54, 1.807) is 19.0 Å². The first kappa shape index (κ1) is 19.3. The molecule has 0 spiro atoms. The van der Waals surface area contributed by atoms with E-state index in [2.05, 4.69) is 18.7 Å². The SMILES string of the molecule is C=C(c1ccc(Cl)cc1)C(CC(=O)N(C)C)c1cccc2c1oc1ccccc12. The highest BCUT2D eigenvalue weighted by Crippen LogP contribution is 2.40. The molecular formula is C25H22ClNO2. The molecule has 0 aliphatic heterocycles. The molecule has 0 fully saturated rings. The molecule has 0 bridgehead atoms. The average molecular weight is 404 g/mol. The highest BCUT2D eigenvalue weighted by Gasteiger charge is 2.25. The molecule has 29 heavy (non-hydrogen) atoms. The molecule has 0 aliphatic carbocycles. The third kappa shape index (κ3) is 3.66. The van der Waals surface area contributed by atoms with Gasteiger partial charge in [-0.2, -0.15) is 0 Å². The van der Waals surface area contributed by atoms with E-state index in [9.17, 15) is 4.79 Å². The van der Waals surface area contributed by atoms with Crippen molar-refractivity contribution in [3.63, 3.8) is 0 Å². The van der Waals surface area contributed by atoms with E-state index < -0.39 is 0 Å². The molecule has 4 aromatic rings. The van der Waals surface area contributed by atoms with Crippen molar-refractivity contribution < 1.29 is 9.21 Å². The predicted octanol–water partition coefficient (Wildman–Crippen LogP) is 6.51. The zero-order valence-electron chi connectivity index (χ0n) is 16.5. The number of benzene rings is 3. The zero-order valence-corrected chi connectivity index (χ0v) is 17.2. The summed E-state index contributed by atoms with van der Waals surface area (Å²) in [4.78, 5) is 14.3. The van der Waals surface area contributed by atoms with Crippen LogP contribution in [0.15, 0.2) is 77.7 Å². The number of fused-ring (bicyclic) bond motifs is 3. The second-order valence-electron chi connectivity index (χ2n) is 7.40. The van der Waals surface area contributed by atoms with E-state index in [1.165, 1.54) is 0 Å². The molecule has 1 atom stereocenters. The van der Waals surface area contributed by atoms with Crippen LogP contribution in [-0.4, -0.2) is 24.9 Å². The first-order valence-corrected chi connectivity index (χ1v) is 9.88. The summed E-state index contributed by atoms with van der Waals surface area (Å²) in [6, 6.07) is 21.7. The zero-order chi connectivity index (χ0) is 20.5. The van der Waals surface area contributed by atoms with Crippen molar-refractivity contribution in [2.45, 2.75) is 12.3 Å². The van der Waals surface area contributed by atoms with E-state index in [1.807, 2.05) is 54.6 Å². The summed E-state index contributed by atoms with van der Waals surface area (Å²) in [7, 11) is 3.54. The Bertz CT molecular complexity index is 1200. The van der Waals surface area contributed by atoms with Crippen LogP contribution in [-0.2, 0) is 4.79 Å². The molecule has 0 saturated heterocycles. The van der Waals surface area contributed by atoms with Gasteiger partial charge in [0.15, 0.2) is 0 Å². The smallest absolute Gasteiger partial charge is 0.223 e. The minimum Gasteiger partial charge on any atom is -0.456 e. The number of hydrogen-bond acceptors (Lipinski definition) is 2. The number of carbonyl (C=O) groups is 1. The molecule has 0 N–H and O–H groups in total. The summed E-state index contributed by atoms with van der Waals surface area (Å²) in [5.74, 6) is -0.173. The largest absolute Gasteiger partial charge is 0.456 e. The van der Waals surface area contributed by atoms with Crippen molar-refractivity contribution in [2.24, 2.45) is 0 Å². The maximum Gasteiger partial charge on any atom is 0.223 e. The normalized spacial score (nSPS) is 12.2. The number of hydrogen-bond donors (Lipinski definition) is 0. The van der Waals surface area contributed by atoms with Crippen molar-refractivity contribution in [3.8, 4) is 0 Å². The van der Waals surface area contributed by atoms with Gasteiger partial charge in [-0.05, 0) is 29.3 Å². The molecule has 1 unspecified atom stereocenters. The van der Waals surface area contributed by atoms with Crippen LogP contribution >= 0.6 is 11.6 Å². The van der Waals surface area contributed by atoms with Crippen LogP contribution in [0.25, 0.3) is 27.5 Å². The first-order chi connectivity index (χ1) is 14.0. The van der Waals surface area contributed by atoms with E-state index in [4.69, 9.17) is 16.0 Å². The van der Waals surface area contributed by atoms with Gasteiger partial charge in [0.1, 0.15) is 11.2 Å². The predicted molar refractivity (Wildman–Crippen MR) is 120 cm³/mol. The molecule has 4 rings (SSSR count). The molecule has 0 aliphatic rings. The second kappa shape index (κ2) is 7.76. The summed E-state index contributed by atoms with van der Waals surface area (Å²) in [6.45, 7) is 4.35. The number of allylic oxidation sites excluding steroid dienone is 1. The standard InChI is InChI=1S/C25H22ClNO2/c1-16(17-11-13-18(26)14-12-17)22(15-24(28)27(2)3)21-9-6-8-20-19-7-4-5-10-23(19)29-25(20)21/h4-14,22H,1,15H2,2-3H3. The minimum absolute atomic E-state index is 0.0400. The van der Waals surface area contributed by atoms with Crippen LogP contribution in [0, 0.1) is 0 Å². The minimum atomic E-state index is -0.213. The monoisotopic (exact) mass is 403 g/mol. The maximum atomic E-state index is 12.7. The summed E-state index contributed by atoms with van der Waals surface area (Å²) in [6.07, 6.45) is 0.310. The van der Waals surface area contributed by atoms with Gasteiger partial charge in [-0.25, -0.2) is 0 Å². The summed E-state index contributed by atoms with van der Waals surface area (Å²) in [5.41, 5.74) is 4.43. The van der Waals surface area contributed by atoms with Gasteiger partial charge in [0.2, 0.25) is 5.91 Å². The van der Waals surface area contributed by atoms with Crippen molar-refractivity contribution in [1.82, 2.24) is 4.90 Å². The molecule has 0 radical (unpaired) electrons. The average Bonchev–Trinajstić information content (AvgIpc) is 3.11. The first-order valence-electron chi connectivity index (χ1n) is 9.50. The molecule has 146 valence electrons. The van der Waals surface area contributed by atoms with Crippen LogP contribution < -0.4 is 0 Å². The topological polar surface area (TPSA) is 33.5 Å². The van der Waals surface area contributed by atoms with Crippen molar-refractivity contribution in [1.29, 1.82) is 0 Å². The number of halogens is 1. The fourth-order valence-corrected chi connectivity index (χ4v) is 3.81. The Morgan fingerprint density at radius 2 is 1.69 bits per heavy atom. The van der Waals surface area contributed by atoms with E-state index >= 15 is 0 Å². The van der Waals surface area contributed by atoms with Gasteiger partial charge >= 0.3 is 0 Å². The highest BCUT2D eigenvalue weighted by molar-refractivity contribution is 6.30. The van der Waals surface area contributed by atoms with Gasteiger partial charge in [-0.1, -0.05) is 66.7 Å². The van der Waals surface area contributed by atoms with E-state index in [0.29, 0.717) is 11.4 Å². The molecular weight excluding hydrogens is 382 g/mol. The number of furan rings is 1. The van der Waals surface area contributed by atoms with Crippen LogP contribution in [0.4, 0.5) is 0 Å². The van der Waals surface area contributed by atoms with Crippen molar-refractivity contribution >= 4 is 45.0 Å². The molecule has 1 aromatic heterocycles. The van der Waals surface area contributed by atoms with Gasteiger partial charge in [0, 0.05) is 47.8 Å². The molecule has 1 heterocycles. The third-order valence-electron chi connectivity index (χ3n) is 5.32.